The van der Waals surface area contributed by atoms with Crippen molar-refractivity contribution in [2.75, 3.05) is 14.2 Å². The van der Waals surface area contributed by atoms with E-state index in [1.165, 1.54) is 26.6 Å². The summed E-state index contributed by atoms with van der Waals surface area (Å²) < 4.78 is 22.5. The molecule has 0 aliphatic rings. The minimum atomic E-state index is -0.242. The molecule has 0 saturated heterocycles. The van der Waals surface area contributed by atoms with Gasteiger partial charge in [-0.1, -0.05) is 6.92 Å². The maximum atomic E-state index is 13.0. The second-order valence-electron chi connectivity index (χ2n) is 2.26. The van der Waals surface area contributed by atoms with Crippen LogP contribution in [0.1, 0.15) is 19.8 Å². The molecular weight excluding hydrogens is 159 g/mol. The lowest BCUT2D eigenvalue weighted by molar-refractivity contribution is 0.280. The van der Waals surface area contributed by atoms with Crippen molar-refractivity contribution in [3.63, 3.8) is 0 Å². The third-order valence-electron chi connectivity index (χ3n) is 1.31. The van der Waals surface area contributed by atoms with Gasteiger partial charge in [-0.2, -0.15) is 0 Å². The molecule has 0 aromatic carbocycles. The Bertz CT molecular complexity index is 173. The molecule has 0 bridgehead atoms. The summed E-state index contributed by atoms with van der Waals surface area (Å²) in [6.07, 6.45) is 4.01. The minimum Gasteiger partial charge on any atom is -0.504 e. The van der Waals surface area contributed by atoms with Gasteiger partial charge < -0.3 is 9.47 Å². The monoisotopic (exact) mass is 174 g/mol. The standard InChI is InChI=1S/C9H15FO2/c1-4-5-8(10)9(12-3)6-7-11-2/h6-7H,4-5H2,1-3H3/b7-6+,9-8-. The summed E-state index contributed by atoms with van der Waals surface area (Å²) in [7, 11) is 2.94. The average molecular weight is 174 g/mol. The Labute approximate surface area is 72.7 Å². The Morgan fingerprint density at radius 3 is 2.50 bits per heavy atom. The first-order chi connectivity index (χ1) is 5.76. The minimum absolute atomic E-state index is 0.235. The van der Waals surface area contributed by atoms with E-state index >= 15 is 0 Å². The first-order valence-electron chi connectivity index (χ1n) is 3.88. The number of ether oxygens (including phenoxy) is 2. The first-order valence-corrected chi connectivity index (χ1v) is 3.88. The van der Waals surface area contributed by atoms with Crippen molar-refractivity contribution in [3.8, 4) is 0 Å². The predicted molar refractivity (Wildman–Crippen MR) is 46.2 cm³/mol. The maximum Gasteiger partial charge on any atom is 0.153 e. The SMILES string of the molecule is CCC/C(F)=C(\C=C\OC)OC. The third-order valence-corrected chi connectivity index (χ3v) is 1.31. The van der Waals surface area contributed by atoms with Crippen LogP contribution < -0.4 is 0 Å². The van der Waals surface area contributed by atoms with Gasteiger partial charge in [0.2, 0.25) is 0 Å². The average Bonchev–Trinajstić information content (AvgIpc) is 2.06. The fraction of sp³-hybridized carbons (Fsp3) is 0.556. The molecule has 0 rings (SSSR count). The fourth-order valence-electron chi connectivity index (χ4n) is 0.742. The van der Waals surface area contributed by atoms with Gasteiger partial charge in [0.1, 0.15) is 5.83 Å². The topological polar surface area (TPSA) is 18.5 Å². The lowest BCUT2D eigenvalue weighted by Crippen LogP contribution is -1.87. The molecule has 12 heavy (non-hydrogen) atoms. The molecule has 0 atom stereocenters. The molecule has 0 N–H and O–H groups in total. The zero-order valence-electron chi connectivity index (χ0n) is 7.76. The normalized spacial score (nSPS) is 13.0. The van der Waals surface area contributed by atoms with Crippen LogP contribution in [-0.2, 0) is 9.47 Å². The van der Waals surface area contributed by atoms with E-state index in [1.54, 1.807) is 0 Å². The van der Waals surface area contributed by atoms with Gasteiger partial charge in [0, 0.05) is 12.5 Å². The molecule has 0 aliphatic carbocycles. The molecular formula is C9H15FO2. The van der Waals surface area contributed by atoms with E-state index in [9.17, 15) is 4.39 Å². The van der Waals surface area contributed by atoms with Gasteiger partial charge >= 0.3 is 0 Å². The molecule has 0 aromatic heterocycles. The predicted octanol–water partition coefficient (Wildman–Crippen LogP) is 2.77. The van der Waals surface area contributed by atoms with E-state index in [1.807, 2.05) is 6.92 Å². The van der Waals surface area contributed by atoms with E-state index in [0.717, 1.165) is 6.42 Å². The smallest absolute Gasteiger partial charge is 0.153 e. The van der Waals surface area contributed by atoms with Crippen LogP contribution in [-0.4, -0.2) is 14.2 Å². The number of hydrogen-bond acceptors (Lipinski definition) is 2. The Kier molecular flexibility index (Phi) is 6.15. The Balaban J connectivity index is 4.27. The number of methoxy groups -OCH3 is 2. The summed E-state index contributed by atoms with van der Waals surface area (Å²) in [6.45, 7) is 1.91. The Morgan fingerprint density at radius 1 is 1.42 bits per heavy atom. The lowest BCUT2D eigenvalue weighted by Gasteiger charge is -2.02. The van der Waals surface area contributed by atoms with Crippen LogP contribution in [0, 0.1) is 0 Å². The quantitative estimate of drug-likeness (QED) is 0.471. The van der Waals surface area contributed by atoms with Crippen LogP contribution in [0.4, 0.5) is 4.39 Å². The van der Waals surface area contributed by atoms with Crippen LogP contribution in [0.5, 0.6) is 0 Å². The van der Waals surface area contributed by atoms with Gasteiger partial charge in [-0.3, -0.25) is 0 Å². The molecule has 0 spiro atoms. The third kappa shape index (κ3) is 4.01. The van der Waals surface area contributed by atoms with E-state index in [-0.39, 0.29) is 11.6 Å². The highest BCUT2D eigenvalue weighted by Crippen LogP contribution is 2.14. The highest BCUT2D eigenvalue weighted by molar-refractivity contribution is 5.14. The molecule has 0 amide bonds. The molecule has 2 nitrogen and oxygen atoms in total. The molecule has 0 unspecified atom stereocenters. The second-order valence-corrected chi connectivity index (χ2v) is 2.26. The zero-order valence-corrected chi connectivity index (χ0v) is 7.76. The van der Waals surface area contributed by atoms with Crippen LogP contribution in [0.3, 0.4) is 0 Å². The summed E-state index contributed by atoms with van der Waals surface area (Å²) in [6, 6.07) is 0. The van der Waals surface area contributed by atoms with Crippen molar-refractivity contribution in [2.45, 2.75) is 19.8 Å². The van der Waals surface area contributed by atoms with Crippen LogP contribution in [0.2, 0.25) is 0 Å². The Morgan fingerprint density at radius 2 is 2.08 bits per heavy atom. The van der Waals surface area contributed by atoms with Crippen molar-refractivity contribution in [1.29, 1.82) is 0 Å². The van der Waals surface area contributed by atoms with Crippen LogP contribution in [0.15, 0.2) is 23.9 Å². The van der Waals surface area contributed by atoms with E-state index in [0.29, 0.717) is 6.42 Å². The van der Waals surface area contributed by atoms with E-state index < -0.39 is 0 Å². The number of hydrogen-bond donors (Lipinski definition) is 0. The molecule has 70 valence electrons. The fourth-order valence-corrected chi connectivity index (χ4v) is 0.742. The van der Waals surface area contributed by atoms with Crippen molar-refractivity contribution in [1.82, 2.24) is 0 Å². The highest BCUT2D eigenvalue weighted by Gasteiger charge is 2.01. The summed E-state index contributed by atoms with van der Waals surface area (Å²) in [4.78, 5) is 0. The van der Waals surface area contributed by atoms with Crippen molar-refractivity contribution < 1.29 is 13.9 Å². The van der Waals surface area contributed by atoms with Gasteiger partial charge in [0.05, 0.1) is 20.5 Å². The summed E-state index contributed by atoms with van der Waals surface area (Å²) >= 11 is 0. The summed E-state index contributed by atoms with van der Waals surface area (Å²) in [5.41, 5.74) is 0. The molecule has 0 saturated carbocycles. The molecule has 0 heterocycles. The lowest BCUT2D eigenvalue weighted by atomic mass is 10.2. The molecule has 0 radical (unpaired) electrons. The van der Waals surface area contributed by atoms with E-state index in [2.05, 4.69) is 4.74 Å². The zero-order chi connectivity index (χ0) is 9.40. The molecule has 0 aromatic rings. The van der Waals surface area contributed by atoms with Gasteiger partial charge in [-0.05, 0) is 6.42 Å². The van der Waals surface area contributed by atoms with Gasteiger partial charge in [0.15, 0.2) is 5.76 Å². The molecule has 3 heteroatoms. The molecule has 0 fully saturated rings. The van der Waals surface area contributed by atoms with Gasteiger partial charge in [0.25, 0.3) is 0 Å². The number of rotatable bonds is 5. The van der Waals surface area contributed by atoms with E-state index in [4.69, 9.17) is 4.74 Å². The van der Waals surface area contributed by atoms with Crippen molar-refractivity contribution >= 4 is 0 Å². The number of halogens is 1. The first kappa shape index (κ1) is 11.0. The van der Waals surface area contributed by atoms with Gasteiger partial charge in [-0.15, -0.1) is 0 Å². The van der Waals surface area contributed by atoms with Gasteiger partial charge in [-0.25, -0.2) is 4.39 Å². The maximum absolute atomic E-state index is 13.0. The highest BCUT2D eigenvalue weighted by atomic mass is 19.1. The van der Waals surface area contributed by atoms with Crippen molar-refractivity contribution in [3.05, 3.63) is 23.9 Å². The largest absolute Gasteiger partial charge is 0.504 e. The van der Waals surface area contributed by atoms with Crippen LogP contribution in [0.25, 0.3) is 0 Å². The number of allylic oxidation sites excluding steroid dienone is 2. The Hall–Kier alpha value is -0.990. The van der Waals surface area contributed by atoms with Crippen LogP contribution >= 0.6 is 0 Å². The summed E-state index contributed by atoms with van der Waals surface area (Å²) in [5.74, 6) is -0.00741. The summed E-state index contributed by atoms with van der Waals surface area (Å²) in [5, 5.41) is 0. The molecule has 0 aliphatic heterocycles. The van der Waals surface area contributed by atoms with Crippen molar-refractivity contribution in [2.24, 2.45) is 0 Å². The second kappa shape index (κ2) is 6.70.